The third-order valence-electron chi connectivity index (χ3n) is 3.32. The summed E-state index contributed by atoms with van der Waals surface area (Å²) in [6.45, 7) is 7.51. The van der Waals surface area contributed by atoms with E-state index >= 15 is 0 Å². The topological polar surface area (TPSA) is 20.3 Å². The summed E-state index contributed by atoms with van der Waals surface area (Å²) in [6.07, 6.45) is 0.978. The van der Waals surface area contributed by atoms with Crippen LogP contribution in [0.4, 0.5) is 4.39 Å². The highest BCUT2D eigenvalue weighted by Crippen LogP contribution is 2.30. The minimum atomic E-state index is -0.417. The quantitative estimate of drug-likeness (QED) is 0.732. The zero-order valence-corrected chi connectivity index (χ0v) is 10.6. The molecule has 0 N–H and O–H groups in total. The predicted octanol–water partition coefficient (Wildman–Crippen LogP) is 3.01. The van der Waals surface area contributed by atoms with E-state index in [1.165, 1.54) is 6.07 Å². The van der Waals surface area contributed by atoms with Gasteiger partial charge in [0, 0.05) is 13.1 Å². The maximum Gasteiger partial charge on any atom is 0.256 e. The SMILES string of the molecule is Cc1ccc(C(=O)N2CCC(C)(C)C2)c(F)c1. The molecule has 2 rings (SSSR count). The van der Waals surface area contributed by atoms with Crippen LogP contribution in [0.25, 0.3) is 0 Å². The van der Waals surface area contributed by atoms with Crippen molar-refractivity contribution >= 4 is 5.91 Å². The molecule has 3 heteroatoms. The van der Waals surface area contributed by atoms with Crippen molar-refractivity contribution < 1.29 is 9.18 Å². The highest BCUT2D eigenvalue weighted by molar-refractivity contribution is 5.94. The van der Waals surface area contributed by atoms with Crippen molar-refractivity contribution in [2.45, 2.75) is 27.2 Å². The Kier molecular flexibility index (Phi) is 2.94. The minimum absolute atomic E-state index is 0.150. The summed E-state index contributed by atoms with van der Waals surface area (Å²) in [5, 5.41) is 0. The highest BCUT2D eigenvalue weighted by atomic mass is 19.1. The van der Waals surface area contributed by atoms with E-state index < -0.39 is 5.82 Å². The molecule has 0 unspecified atom stereocenters. The summed E-state index contributed by atoms with van der Waals surface area (Å²) < 4.78 is 13.7. The summed E-state index contributed by atoms with van der Waals surface area (Å²) in [5.41, 5.74) is 1.17. The summed E-state index contributed by atoms with van der Waals surface area (Å²) in [6, 6.07) is 4.77. The van der Waals surface area contributed by atoms with Gasteiger partial charge in [-0.3, -0.25) is 4.79 Å². The molecule has 1 amide bonds. The van der Waals surface area contributed by atoms with Crippen LogP contribution in [0.3, 0.4) is 0 Å². The summed E-state index contributed by atoms with van der Waals surface area (Å²) in [4.78, 5) is 13.9. The van der Waals surface area contributed by atoms with Gasteiger partial charge < -0.3 is 4.90 Å². The zero-order chi connectivity index (χ0) is 12.6. The van der Waals surface area contributed by atoms with Crippen molar-refractivity contribution in [1.29, 1.82) is 0 Å². The van der Waals surface area contributed by atoms with Crippen LogP contribution in [0.5, 0.6) is 0 Å². The number of hydrogen-bond acceptors (Lipinski definition) is 1. The third-order valence-corrected chi connectivity index (χ3v) is 3.32. The van der Waals surface area contributed by atoms with Gasteiger partial charge in [-0.25, -0.2) is 4.39 Å². The molecule has 1 fully saturated rings. The van der Waals surface area contributed by atoms with Crippen molar-refractivity contribution in [3.63, 3.8) is 0 Å². The van der Waals surface area contributed by atoms with Crippen LogP contribution in [0.1, 0.15) is 36.2 Å². The second kappa shape index (κ2) is 4.13. The van der Waals surface area contributed by atoms with E-state index in [2.05, 4.69) is 13.8 Å². The van der Waals surface area contributed by atoms with Gasteiger partial charge in [0.2, 0.25) is 0 Å². The number of likely N-dealkylation sites (tertiary alicyclic amines) is 1. The molecule has 0 radical (unpaired) electrons. The molecule has 0 aliphatic carbocycles. The first-order chi connectivity index (χ1) is 7.89. The molecule has 92 valence electrons. The first-order valence-electron chi connectivity index (χ1n) is 5.94. The molecule has 1 aromatic carbocycles. The Morgan fingerprint density at radius 3 is 2.65 bits per heavy atom. The Morgan fingerprint density at radius 1 is 1.41 bits per heavy atom. The van der Waals surface area contributed by atoms with Gasteiger partial charge in [0.15, 0.2) is 0 Å². The van der Waals surface area contributed by atoms with E-state index in [9.17, 15) is 9.18 Å². The number of aryl methyl sites for hydroxylation is 1. The minimum Gasteiger partial charge on any atom is -0.338 e. The average molecular weight is 235 g/mol. The smallest absolute Gasteiger partial charge is 0.256 e. The largest absolute Gasteiger partial charge is 0.338 e. The molecule has 0 saturated carbocycles. The second-order valence-corrected chi connectivity index (χ2v) is 5.62. The Morgan fingerprint density at radius 2 is 2.12 bits per heavy atom. The van der Waals surface area contributed by atoms with Crippen LogP contribution in [-0.2, 0) is 0 Å². The van der Waals surface area contributed by atoms with E-state index in [1.807, 2.05) is 6.92 Å². The number of halogens is 1. The van der Waals surface area contributed by atoms with Crippen LogP contribution in [0, 0.1) is 18.2 Å². The van der Waals surface area contributed by atoms with E-state index in [-0.39, 0.29) is 16.9 Å². The van der Waals surface area contributed by atoms with Crippen LogP contribution >= 0.6 is 0 Å². The molecule has 2 nitrogen and oxygen atoms in total. The fourth-order valence-electron chi connectivity index (χ4n) is 2.25. The Balaban J connectivity index is 2.21. The molecule has 1 aromatic rings. The molecular weight excluding hydrogens is 217 g/mol. The lowest BCUT2D eigenvalue weighted by atomic mass is 9.93. The lowest BCUT2D eigenvalue weighted by molar-refractivity contribution is 0.0773. The molecule has 1 saturated heterocycles. The molecular formula is C14H18FNO. The molecule has 17 heavy (non-hydrogen) atoms. The molecule has 0 bridgehead atoms. The first kappa shape index (κ1) is 12.1. The lowest BCUT2D eigenvalue weighted by Crippen LogP contribution is -2.30. The van der Waals surface area contributed by atoms with Crippen LogP contribution in [-0.4, -0.2) is 23.9 Å². The van der Waals surface area contributed by atoms with E-state index in [4.69, 9.17) is 0 Å². The first-order valence-corrected chi connectivity index (χ1v) is 5.94. The maximum absolute atomic E-state index is 13.7. The zero-order valence-electron chi connectivity index (χ0n) is 10.6. The fourth-order valence-corrected chi connectivity index (χ4v) is 2.25. The number of hydrogen-bond donors (Lipinski definition) is 0. The van der Waals surface area contributed by atoms with Crippen LogP contribution < -0.4 is 0 Å². The number of amides is 1. The van der Waals surface area contributed by atoms with E-state index in [0.29, 0.717) is 6.54 Å². The molecule has 1 heterocycles. The number of carbonyl (C=O) groups is 1. The monoisotopic (exact) mass is 235 g/mol. The van der Waals surface area contributed by atoms with Gasteiger partial charge in [-0.05, 0) is 36.5 Å². The molecule has 0 aromatic heterocycles. The summed E-state index contributed by atoms with van der Waals surface area (Å²) in [5.74, 6) is -0.604. The number of benzene rings is 1. The van der Waals surface area contributed by atoms with Gasteiger partial charge in [0.1, 0.15) is 5.82 Å². The molecule has 1 aliphatic rings. The Bertz CT molecular complexity index is 454. The number of rotatable bonds is 1. The van der Waals surface area contributed by atoms with Gasteiger partial charge in [0.25, 0.3) is 5.91 Å². The normalized spacial score (nSPS) is 18.5. The van der Waals surface area contributed by atoms with Gasteiger partial charge in [0.05, 0.1) is 5.56 Å². The maximum atomic E-state index is 13.7. The molecule has 0 spiro atoms. The summed E-state index contributed by atoms with van der Waals surface area (Å²) in [7, 11) is 0. The standard InChI is InChI=1S/C14H18FNO/c1-10-4-5-11(12(15)8-10)13(17)16-7-6-14(2,3)9-16/h4-5,8H,6-7,9H2,1-3H3. The average Bonchev–Trinajstić information content (AvgIpc) is 2.58. The van der Waals surface area contributed by atoms with Crippen molar-refractivity contribution in [3.05, 3.63) is 35.1 Å². The van der Waals surface area contributed by atoms with Gasteiger partial charge in [-0.1, -0.05) is 19.9 Å². The summed E-state index contributed by atoms with van der Waals surface area (Å²) >= 11 is 0. The van der Waals surface area contributed by atoms with Gasteiger partial charge >= 0.3 is 0 Å². The Labute approximate surface area is 101 Å². The van der Waals surface area contributed by atoms with Crippen molar-refractivity contribution in [1.82, 2.24) is 4.90 Å². The molecule has 0 atom stereocenters. The van der Waals surface area contributed by atoms with Crippen molar-refractivity contribution in [2.75, 3.05) is 13.1 Å². The van der Waals surface area contributed by atoms with Crippen molar-refractivity contribution in [2.24, 2.45) is 5.41 Å². The van der Waals surface area contributed by atoms with Gasteiger partial charge in [-0.15, -0.1) is 0 Å². The number of nitrogens with zero attached hydrogens (tertiary/aromatic N) is 1. The second-order valence-electron chi connectivity index (χ2n) is 5.62. The Hall–Kier alpha value is -1.38. The third kappa shape index (κ3) is 2.48. The number of carbonyl (C=O) groups excluding carboxylic acids is 1. The highest BCUT2D eigenvalue weighted by Gasteiger charge is 2.33. The van der Waals surface area contributed by atoms with Crippen LogP contribution in [0.15, 0.2) is 18.2 Å². The van der Waals surface area contributed by atoms with Crippen LogP contribution in [0.2, 0.25) is 0 Å². The fraction of sp³-hybridized carbons (Fsp3) is 0.500. The lowest BCUT2D eigenvalue weighted by Gasteiger charge is -2.20. The van der Waals surface area contributed by atoms with E-state index in [1.54, 1.807) is 17.0 Å². The van der Waals surface area contributed by atoms with E-state index in [0.717, 1.165) is 18.5 Å². The molecule has 1 aliphatic heterocycles. The van der Waals surface area contributed by atoms with Crippen molar-refractivity contribution in [3.8, 4) is 0 Å². The predicted molar refractivity (Wildman–Crippen MR) is 65.4 cm³/mol. The van der Waals surface area contributed by atoms with Gasteiger partial charge in [-0.2, -0.15) is 0 Å².